The molecule has 2 aromatic rings. The number of ether oxygens (including phenoxy) is 1. The second kappa shape index (κ2) is 7.36. The van der Waals surface area contributed by atoms with Gasteiger partial charge in [0, 0.05) is 16.5 Å². The Bertz CT molecular complexity index is 620. The second-order valence-corrected chi connectivity index (χ2v) is 5.67. The van der Waals surface area contributed by atoms with Gasteiger partial charge in [0.05, 0.1) is 6.61 Å². The van der Waals surface area contributed by atoms with Crippen molar-refractivity contribution in [2.45, 2.75) is 19.8 Å². The van der Waals surface area contributed by atoms with Crippen LogP contribution in [0, 0.1) is 5.82 Å². The van der Waals surface area contributed by atoms with Crippen LogP contribution in [0.1, 0.15) is 29.3 Å². The molecule has 0 aromatic heterocycles. The van der Waals surface area contributed by atoms with Crippen LogP contribution >= 0.6 is 15.9 Å². The number of hydrogen-bond donors (Lipinski definition) is 0. The Morgan fingerprint density at radius 1 is 1.24 bits per heavy atom. The van der Waals surface area contributed by atoms with E-state index in [1.807, 2.05) is 13.0 Å². The smallest absolute Gasteiger partial charge is 0.167 e. The summed E-state index contributed by atoms with van der Waals surface area (Å²) in [6.07, 6.45) is 1.07. The van der Waals surface area contributed by atoms with Gasteiger partial charge in [0.15, 0.2) is 5.78 Å². The summed E-state index contributed by atoms with van der Waals surface area (Å²) in [7, 11) is 0. The maximum Gasteiger partial charge on any atom is 0.167 e. The normalized spacial score (nSPS) is 10.4. The SMILES string of the molecule is CCCOc1cccc(C(=O)Cc2cc(F)cc(Br)c2)c1. The van der Waals surface area contributed by atoms with Crippen molar-refractivity contribution >= 4 is 21.7 Å². The Balaban J connectivity index is 2.12. The molecule has 0 fully saturated rings. The highest BCUT2D eigenvalue weighted by Gasteiger charge is 2.09. The highest BCUT2D eigenvalue weighted by Crippen LogP contribution is 2.19. The fourth-order valence-corrected chi connectivity index (χ4v) is 2.49. The molecule has 2 aromatic carbocycles. The van der Waals surface area contributed by atoms with Crippen LogP contribution in [0.2, 0.25) is 0 Å². The van der Waals surface area contributed by atoms with Crippen molar-refractivity contribution in [1.82, 2.24) is 0 Å². The van der Waals surface area contributed by atoms with Gasteiger partial charge in [-0.05, 0) is 42.3 Å². The lowest BCUT2D eigenvalue weighted by atomic mass is 10.0. The average Bonchev–Trinajstić information content (AvgIpc) is 2.44. The average molecular weight is 351 g/mol. The fraction of sp³-hybridized carbons (Fsp3) is 0.235. The highest BCUT2D eigenvalue weighted by atomic mass is 79.9. The van der Waals surface area contributed by atoms with Crippen molar-refractivity contribution in [3.05, 3.63) is 63.9 Å². The van der Waals surface area contributed by atoms with E-state index >= 15 is 0 Å². The highest BCUT2D eigenvalue weighted by molar-refractivity contribution is 9.10. The summed E-state index contributed by atoms with van der Waals surface area (Å²) < 4.78 is 19.5. The minimum atomic E-state index is -0.354. The van der Waals surface area contributed by atoms with Gasteiger partial charge < -0.3 is 4.74 Å². The summed E-state index contributed by atoms with van der Waals surface area (Å²) in [6, 6.07) is 11.6. The molecule has 0 aliphatic carbocycles. The first-order valence-electron chi connectivity index (χ1n) is 6.79. The number of carbonyl (C=O) groups is 1. The van der Waals surface area contributed by atoms with Crippen molar-refractivity contribution in [3.63, 3.8) is 0 Å². The Morgan fingerprint density at radius 2 is 2.05 bits per heavy atom. The summed E-state index contributed by atoms with van der Waals surface area (Å²) in [4.78, 5) is 12.3. The van der Waals surface area contributed by atoms with Gasteiger partial charge in [-0.1, -0.05) is 35.0 Å². The molecular weight excluding hydrogens is 335 g/mol. The van der Waals surface area contributed by atoms with Gasteiger partial charge >= 0.3 is 0 Å². The van der Waals surface area contributed by atoms with Crippen LogP contribution in [0.15, 0.2) is 46.9 Å². The Kier molecular flexibility index (Phi) is 5.51. The molecule has 0 radical (unpaired) electrons. The van der Waals surface area contributed by atoms with Crippen LogP contribution in [-0.4, -0.2) is 12.4 Å². The molecule has 0 bridgehead atoms. The van der Waals surface area contributed by atoms with E-state index in [1.54, 1.807) is 24.3 Å². The van der Waals surface area contributed by atoms with Crippen LogP contribution in [0.25, 0.3) is 0 Å². The first-order chi connectivity index (χ1) is 10.1. The Morgan fingerprint density at radius 3 is 2.76 bits per heavy atom. The maximum atomic E-state index is 13.3. The molecule has 0 unspecified atom stereocenters. The standard InChI is InChI=1S/C17H16BrFO2/c1-2-6-21-16-5-3-4-13(10-16)17(20)9-12-7-14(18)11-15(19)8-12/h3-5,7-8,10-11H,2,6,9H2,1H3. The minimum absolute atomic E-state index is 0.0607. The van der Waals surface area contributed by atoms with Gasteiger partial charge in [0.1, 0.15) is 11.6 Å². The zero-order chi connectivity index (χ0) is 15.2. The molecule has 4 heteroatoms. The van der Waals surface area contributed by atoms with Crippen molar-refractivity contribution in [1.29, 1.82) is 0 Å². The Labute approximate surface area is 132 Å². The van der Waals surface area contributed by atoms with E-state index in [4.69, 9.17) is 4.74 Å². The summed E-state index contributed by atoms with van der Waals surface area (Å²) >= 11 is 3.23. The molecule has 0 heterocycles. The molecular formula is C17H16BrFO2. The second-order valence-electron chi connectivity index (χ2n) is 4.75. The maximum absolute atomic E-state index is 13.3. The third-order valence-corrected chi connectivity index (χ3v) is 3.37. The van der Waals surface area contributed by atoms with E-state index in [-0.39, 0.29) is 18.0 Å². The molecule has 0 spiro atoms. The summed E-state index contributed by atoms with van der Waals surface area (Å²) in [5.41, 5.74) is 1.22. The van der Waals surface area contributed by atoms with Crippen LogP contribution in [0.5, 0.6) is 5.75 Å². The number of benzene rings is 2. The molecule has 2 rings (SSSR count). The lowest BCUT2D eigenvalue weighted by Gasteiger charge is -2.07. The molecule has 0 atom stereocenters. The predicted molar refractivity (Wildman–Crippen MR) is 84.4 cm³/mol. The van der Waals surface area contributed by atoms with Gasteiger partial charge in [0.25, 0.3) is 0 Å². The summed E-state index contributed by atoms with van der Waals surface area (Å²) in [5.74, 6) is 0.268. The van der Waals surface area contributed by atoms with Crippen molar-refractivity contribution in [2.75, 3.05) is 6.61 Å². The van der Waals surface area contributed by atoms with Gasteiger partial charge in [-0.25, -0.2) is 4.39 Å². The van der Waals surface area contributed by atoms with E-state index in [0.29, 0.717) is 28.0 Å². The zero-order valence-electron chi connectivity index (χ0n) is 11.7. The van der Waals surface area contributed by atoms with Crippen molar-refractivity contribution < 1.29 is 13.9 Å². The number of halogens is 2. The van der Waals surface area contributed by atoms with E-state index < -0.39 is 0 Å². The first-order valence-corrected chi connectivity index (χ1v) is 7.59. The minimum Gasteiger partial charge on any atom is -0.494 e. The third kappa shape index (κ3) is 4.67. The van der Waals surface area contributed by atoms with Crippen LogP contribution < -0.4 is 4.74 Å². The van der Waals surface area contributed by atoms with E-state index in [0.717, 1.165) is 6.42 Å². The van der Waals surface area contributed by atoms with Crippen molar-refractivity contribution in [3.8, 4) is 5.75 Å². The van der Waals surface area contributed by atoms with Crippen LogP contribution in [-0.2, 0) is 6.42 Å². The number of hydrogen-bond acceptors (Lipinski definition) is 2. The molecule has 0 amide bonds. The molecule has 0 aliphatic heterocycles. The number of ketones is 1. The quantitative estimate of drug-likeness (QED) is 0.699. The van der Waals surface area contributed by atoms with E-state index in [9.17, 15) is 9.18 Å². The Hall–Kier alpha value is -1.68. The van der Waals surface area contributed by atoms with Crippen LogP contribution in [0.4, 0.5) is 4.39 Å². The molecule has 0 saturated carbocycles. The molecule has 110 valence electrons. The van der Waals surface area contributed by atoms with Gasteiger partial charge in [-0.15, -0.1) is 0 Å². The first kappa shape index (κ1) is 15.7. The number of carbonyl (C=O) groups excluding carboxylic acids is 1. The largest absolute Gasteiger partial charge is 0.494 e. The zero-order valence-corrected chi connectivity index (χ0v) is 13.3. The number of rotatable bonds is 6. The summed E-state index contributed by atoms with van der Waals surface area (Å²) in [5, 5.41) is 0. The van der Waals surface area contributed by atoms with Gasteiger partial charge in [-0.3, -0.25) is 4.79 Å². The lowest BCUT2D eigenvalue weighted by Crippen LogP contribution is -2.05. The van der Waals surface area contributed by atoms with Crippen molar-refractivity contribution in [2.24, 2.45) is 0 Å². The van der Waals surface area contributed by atoms with E-state index in [2.05, 4.69) is 15.9 Å². The lowest BCUT2D eigenvalue weighted by molar-refractivity contribution is 0.0992. The third-order valence-electron chi connectivity index (χ3n) is 2.92. The predicted octanol–water partition coefficient (Wildman–Crippen LogP) is 4.80. The molecule has 2 nitrogen and oxygen atoms in total. The van der Waals surface area contributed by atoms with Gasteiger partial charge in [0.2, 0.25) is 0 Å². The molecule has 0 aliphatic rings. The molecule has 0 N–H and O–H groups in total. The monoisotopic (exact) mass is 350 g/mol. The molecule has 0 saturated heterocycles. The van der Waals surface area contributed by atoms with Crippen LogP contribution in [0.3, 0.4) is 0 Å². The van der Waals surface area contributed by atoms with E-state index in [1.165, 1.54) is 12.1 Å². The fourth-order valence-electron chi connectivity index (χ4n) is 1.98. The topological polar surface area (TPSA) is 26.3 Å². The number of Topliss-reactive ketones (excluding diaryl/α,β-unsaturated/α-hetero) is 1. The van der Waals surface area contributed by atoms with Gasteiger partial charge in [-0.2, -0.15) is 0 Å². The molecule has 21 heavy (non-hydrogen) atoms. The summed E-state index contributed by atoms with van der Waals surface area (Å²) in [6.45, 7) is 2.64.